The minimum atomic E-state index is -0.00620. The maximum absolute atomic E-state index is 6.27. The maximum atomic E-state index is 6.27. The largest absolute Gasteiger partial charge is 0.324 e. The van der Waals surface area contributed by atoms with Gasteiger partial charge < -0.3 is 11.1 Å². The van der Waals surface area contributed by atoms with Crippen molar-refractivity contribution in [2.75, 3.05) is 13.1 Å². The number of rotatable bonds is 2. The van der Waals surface area contributed by atoms with Gasteiger partial charge in [-0.2, -0.15) is 0 Å². The Morgan fingerprint density at radius 2 is 1.94 bits per heavy atom. The molecule has 4 heteroatoms. The minimum absolute atomic E-state index is 0.00620. The molecule has 0 amide bonds. The summed E-state index contributed by atoms with van der Waals surface area (Å²) in [6.07, 6.45) is 2.20. The van der Waals surface area contributed by atoms with E-state index in [0.717, 1.165) is 31.5 Å². The highest BCUT2D eigenvalue weighted by molar-refractivity contribution is 6.42. The number of nitrogens with one attached hydrogen (secondary N) is 1. The van der Waals surface area contributed by atoms with Gasteiger partial charge in [0.2, 0.25) is 0 Å². The van der Waals surface area contributed by atoms with Crippen LogP contribution in [0, 0.1) is 5.92 Å². The Morgan fingerprint density at radius 1 is 1.25 bits per heavy atom. The second-order valence-corrected chi connectivity index (χ2v) is 5.04. The van der Waals surface area contributed by atoms with Crippen LogP contribution in [-0.2, 0) is 0 Å². The maximum Gasteiger partial charge on any atom is 0.0640 e. The van der Waals surface area contributed by atoms with Crippen LogP contribution in [0.15, 0.2) is 18.2 Å². The first-order valence-electron chi connectivity index (χ1n) is 5.60. The van der Waals surface area contributed by atoms with Crippen molar-refractivity contribution < 1.29 is 0 Å². The average Bonchev–Trinajstić information content (AvgIpc) is 2.33. The Balaban J connectivity index is 2.19. The molecule has 1 fully saturated rings. The first kappa shape index (κ1) is 12.2. The fourth-order valence-corrected chi connectivity index (χ4v) is 2.67. The monoisotopic (exact) mass is 258 g/mol. The van der Waals surface area contributed by atoms with E-state index in [9.17, 15) is 0 Å². The van der Waals surface area contributed by atoms with Crippen LogP contribution >= 0.6 is 23.2 Å². The Kier molecular flexibility index (Phi) is 4.09. The highest BCUT2D eigenvalue weighted by Gasteiger charge is 2.23. The number of hydrogen-bond acceptors (Lipinski definition) is 2. The lowest BCUT2D eigenvalue weighted by molar-refractivity contribution is 0.322. The number of nitrogens with two attached hydrogens (primary N) is 1. The van der Waals surface area contributed by atoms with Gasteiger partial charge in [0.05, 0.1) is 10.0 Å². The minimum Gasteiger partial charge on any atom is -0.324 e. The van der Waals surface area contributed by atoms with Crippen molar-refractivity contribution in [1.82, 2.24) is 5.32 Å². The van der Waals surface area contributed by atoms with Gasteiger partial charge in [0.1, 0.15) is 0 Å². The smallest absolute Gasteiger partial charge is 0.0640 e. The molecule has 0 aliphatic carbocycles. The molecule has 0 spiro atoms. The van der Waals surface area contributed by atoms with Gasteiger partial charge in [0.25, 0.3) is 0 Å². The van der Waals surface area contributed by atoms with Gasteiger partial charge in [-0.1, -0.05) is 35.3 Å². The number of benzene rings is 1. The van der Waals surface area contributed by atoms with Crippen molar-refractivity contribution >= 4 is 23.2 Å². The van der Waals surface area contributed by atoms with Crippen molar-refractivity contribution in [2.24, 2.45) is 11.7 Å². The summed E-state index contributed by atoms with van der Waals surface area (Å²) in [5.41, 5.74) is 7.24. The molecular weight excluding hydrogens is 243 g/mol. The standard InChI is InChI=1S/C12H16Cl2N2/c13-10-3-1-2-9(11(10)14)12(15)8-4-6-16-7-5-8/h1-3,8,12,16H,4-7,15H2/t12-/m1/s1. The first-order valence-corrected chi connectivity index (χ1v) is 6.36. The Morgan fingerprint density at radius 3 is 2.62 bits per heavy atom. The molecule has 3 N–H and O–H groups in total. The van der Waals surface area contributed by atoms with Crippen molar-refractivity contribution in [2.45, 2.75) is 18.9 Å². The lowest BCUT2D eigenvalue weighted by atomic mass is 9.86. The summed E-state index contributed by atoms with van der Waals surface area (Å²) in [5.74, 6) is 0.497. The molecule has 1 heterocycles. The molecule has 1 aliphatic rings. The van der Waals surface area contributed by atoms with Crippen LogP contribution in [0.25, 0.3) is 0 Å². The zero-order valence-electron chi connectivity index (χ0n) is 9.05. The molecule has 0 aromatic heterocycles. The molecule has 16 heavy (non-hydrogen) atoms. The molecule has 1 aliphatic heterocycles. The van der Waals surface area contributed by atoms with E-state index in [1.807, 2.05) is 12.1 Å². The SMILES string of the molecule is N[C@@H](c1cccc(Cl)c1Cl)C1CCNCC1. The van der Waals surface area contributed by atoms with E-state index in [2.05, 4.69) is 5.32 Å². The fraction of sp³-hybridized carbons (Fsp3) is 0.500. The van der Waals surface area contributed by atoms with Gasteiger partial charge in [0, 0.05) is 6.04 Å². The average molecular weight is 259 g/mol. The summed E-state index contributed by atoms with van der Waals surface area (Å²) in [6.45, 7) is 2.08. The molecule has 1 aromatic rings. The fourth-order valence-electron chi connectivity index (χ4n) is 2.24. The molecule has 0 radical (unpaired) electrons. The lowest BCUT2D eigenvalue weighted by Crippen LogP contribution is -2.33. The summed E-state index contributed by atoms with van der Waals surface area (Å²) in [4.78, 5) is 0. The second-order valence-electron chi connectivity index (χ2n) is 4.26. The Labute approximate surface area is 106 Å². The van der Waals surface area contributed by atoms with Crippen molar-refractivity contribution in [3.63, 3.8) is 0 Å². The summed E-state index contributed by atoms with van der Waals surface area (Å²) in [7, 11) is 0. The lowest BCUT2D eigenvalue weighted by Gasteiger charge is -2.29. The van der Waals surface area contributed by atoms with Gasteiger partial charge in [-0.05, 0) is 43.5 Å². The molecule has 0 saturated carbocycles. The van der Waals surface area contributed by atoms with E-state index >= 15 is 0 Å². The summed E-state index contributed by atoms with van der Waals surface area (Å²) in [6, 6.07) is 5.67. The molecule has 0 bridgehead atoms. The van der Waals surface area contributed by atoms with Crippen molar-refractivity contribution in [1.29, 1.82) is 0 Å². The Bertz CT molecular complexity index is 362. The number of hydrogen-bond donors (Lipinski definition) is 2. The topological polar surface area (TPSA) is 38.0 Å². The summed E-state index contributed by atoms with van der Waals surface area (Å²) in [5, 5.41) is 4.53. The molecule has 1 aromatic carbocycles. The quantitative estimate of drug-likeness (QED) is 0.856. The van der Waals surface area contributed by atoms with E-state index < -0.39 is 0 Å². The van der Waals surface area contributed by atoms with Gasteiger partial charge in [-0.25, -0.2) is 0 Å². The highest BCUT2D eigenvalue weighted by Crippen LogP contribution is 2.34. The normalized spacial score (nSPS) is 19.7. The molecule has 2 nitrogen and oxygen atoms in total. The molecule has 0 unspecified atom stereocenters. The molecular formula is C12H16Cl2N2. The van der Waals surface area contributed by atoms with Crippen LogP contribution < -0.4 is 11.1 Å². The third kappa shape index (κ3) is 2.51. The molecule has 88 valence electrons. The van der Waals surface area contributed by atoms with Crippen molar-refractivity contribution in [3.8, 4) is 0 Å². The van der Waals surface area contributed by atoms with Crippen LogP contribution in [0.2, 0.25) is 10.0 Å². The van der Waals surface area contributed by atoms with Crippen LogP contribution in [0.1, 0.15) is 24.4 Å². The van der Waals surface area contributed by atoms with Crippen LogP contribution in [0.4, 0.5) is 0 Å². The van der Waals surface area contributed by atoms with Gasteiger partial charge in [-0.3, -0.25) is 0 Å². The van der Waals surface area contributed by atoms with E-state index in [1.54, 1.807) is 6.07 Å². The second kappa shape index (κ2) is 5.37. The van der Waals surface area contributed by atoms with Crippen molar-refractivity contribution in [3.05, 3.63) is 33.8 Å². The third-order valence-corrected chi connectivity index (χ3v) is 4.07. The first-order chi connectivity index (χ1) is 7.70. The highest BCUT2D eigenvalue weighted by atomic mass is 35.5. The number of piperidine rings is 1. The van der Waals surface area contributed by atoms with E-state index in [1.165, 1.54) is 0 Å². The van der Waals surface area contributed by atoms with Gasteiger partial charge in [0.15, 0.2) is 0 Å². The summed E-state index contributed by atoms with van der Waals surface area (Å²) < 4.78 is 0. The number of halogens is 2. The third-order valence-electron chi connectivity index (χ3n) is 3.23. The van der Waals surface area contributed by atoms with Crippen LogP contribution in [-0.4, -0.2) is 13.1 Å². The predicted octanol–water partition coefficient (Wildman–Crippen LogP) is 2.99. The summed E-state index contributed by atoms with van der Waals surface area (Å²) >= 11 is 12.2. The molecule has 2 rings (SSSR count). The molecule has 1 atom stereocenters. The van der Waals surface area contributed by atoms with E-state index in [0.29, 0.717) is 16.0 Å². The molecule has 1 saturated heterocycles. The van der Waals surface area contributed by atoms with E-state index in [4.69, 9.17) is 28.9 Å². The van der Waals surface area contributed by atoms with Gasteiger partial charge >= 0.3 is 0 Å². The zero-order valence-corrected chi connectivity index (χ0v) is 10.6. The predicted molar refractivity (Wildman–Crippen MR) is 69.0 cm³/mol. The van der Waals surface area contributed by atoms with Crippen LogP contribution in [0.3, 0.4) is 0 Å². The van der Waals surface area contributed by atoms with E-state index in [-0.39, 0.29) is 6.04 Å². The Hall–Kier alpha value is -0.280. The zero-order chi connectivity index (χ0) is 11.5. The van der Waals surface area contributed by atoms with Crippen LogP contribution in [0.5, 0.6) is 0 Å². The van der Waals surface area contributed by atoms with Gasteiger partial charge in [-0.15, -0.1) is 0 Å².